The Morgan fingerprint density at radius 3 is 2.23 bits per heavy atom. The molecule has 0 saturated carbocycles. The van der Waals surface area contributed by atoms with Gasteiger partial charge in [-0.3, -0.25) is 13.9 Å². The molecule has 0 bridgehead atoms. The van der Waals surface area contributed by atoms with Gasteiger partial charge in [-0.2, -0.15) is 0 Å². The van der Waals surface area contributed by atoms with Crippen molar-refractivity contribution in [2.45, 2.75) is 39.3 Å². The van der Waals surface area contributed by atoms with Gasteiger partial charge in [-0.15, -0.1) is 0 Å². The lowest BCUT2D eigenvalue weighted by atomic mass is 10.1. The number of amides is 2. The lowest BCUT2D eigenvalue weighted by Gasteiger charge is -2.29. The second-order valence-electron chi connectivity index (χ2n) is 7.52. The highest BCUT2D eigenvalue weighted by Crippen LogP contribution is 2.23. The Kier molecular flexibility index (Phi) is 8.62. The molecule has 0 aliphatic rings. The summed E-state index contributed by atoms with van der Waals surface area (Å²) >= 11 is 0. The molecule has 7 nitrogen and oxygen atoms in total. The van der Waals surface area contributed by atoms with Gasteiger partial charge in [0, 0.05) is 26.6 Å². The minimum Gasteiger partial charge on any atom is -0.357 e. The van der Waals surface area contributed by atoms with Crippen molar-refractivity contribution >= 4 is 27.5 Å². The SMILES string of the molecule is CNC(=O)[C@H](C)N(Cc1ccccc1)C(=O)CCCN(c1ccccc1C)S(C)(=O)=O. The van der Waals surface area contributed by atoms with E-state index in [1.807, 2.05) is 49.4 Å². The second kappa shape index (κ2) is 10.9. The van der Waals surface area contributed by atoms with Crippen LogP contribution in [0.3, 0.4) is 0 Å². The number of hydrogen-bond acceptors (Lipinski definition) is 4. The molecule has 0 unspecified atom stereocenters. The molecule has 2 aromatic rings. The van der Waals surface area contributed by atoms with Crippen LogP contribution in [0.1, 0.15) is 30.9 Å². The number of aryl methyl sites for hydroxylation is 1. The van der Waals surface area contributed by atoms with Gasteiger partial charge in [-0.25, -0.2) is 8.42 Å². The van der Waals surface area contributed by atoms with Gasteiger partial charge in [0.05, 0.1) is 11.9 Å². The number of anilines is 1. The highest BCUT2D eigenvalue weighted by atomic mass is 32.2. The van der Waals surface area contributed by atoms with Crippen molar-refractivity contribution in [3.8, 4) is 0 Å². The summed E-state index contributed by atoms with van der Waals surface area (Å²) in [7, 11) is -1.96. The van der Waals surface area contributed by atoms with E-state index in [4.69, 9.17) is 0 Å². The third kappa shape index (κ3) is 6.82. The molecule has 8 heteroatoms. The quantitative estimate of drug-likeness (QED) is 0.609. The van der Waals surface area contributed by atoms with E-state index in [-0.39, 0.29) is 24.8 Å². The molecule has 0 heterocycles. The van der Waals surface area contributed by atoms with Crippen LogP contribution in [0.2, 0.25) is 0 Å². The minimum atomic E-state index is -3.50. The topological polar surface area (TPSA) is 86.8 Å². The Balaban J connectivity index is 2.13. The van der Waals surface area contributed by atoms with E-state index in [0.29, 0.717) is 18.7 Å². The van der Waals surface area contributed by atoms with Crippen molar-refractivity contribution < 1.29 is 18.0 Å². The molecular weight excluding hydrogens is 414 g/mol. The van der Waals surface area contributed by atoms with Gasteiger partial charge in [-0.1, -0.05) is 48.5 Å². The molecule has 31 heavy (non-hydrogen) atoms. The molecule has 0 saturated heterocycles. The van der Waals surface area contributed by atoms with Gasteiger partial charge in [0.15, 0.2) is 0 Å². The maximum Gasteiger partial charge on any atom is 0.242 e. The first-order chi connectivity index (χ1) is 14.6. The summed E-state index contributed by atoms with van der Waals surface area (Å²) in [5.41, 5.74) is 2.37. The number of carbonyl (C=O) groups is 2. The van der Waals surface area contributed by atoms with Gasteiger partial charge < -0.3 is 10.2 Å². The summed E-state index contributed by atoms with van der Waals surface area (Å²) in [6, 6.07) is 16.1. The minimum absolute atomic E-state index is 0.131. The predicted molar refractivity (Wildman–Crippen MR) is 123 cm³/mol. The van der Waals surface area contributed by atoms with Crippen molar-refractivity contribution in [3.63, 3.8) is 0 Å². The van der Waals surface area contributed by atoms with Crippen LogP contribution in [-0.2, 0) is 26.2 Å². The number of rotatable bonds is 10. The van der Waals surface area contributed by atoms with Crippen LogP contribution in [0, 0.1) is 6.92 Å². The van der Waals surface area contributed by atoms with E-state index >= 15 is 0 Å². The van der Waals surface area contributed by atoms with Gasteiger partial charge in [0.2, 0.25) is 21.8 Å². The molecule has 0 fully saturated rings. The monoisotopic (exact) mass is 445 g/mol. The van der Waals surface area contributed by atoms with Crippen molar-refractivity contribution in [3.05, 3.63) is 65.7 Å². The lowest BCUT2D eigenvalue weighted by Crippen LogP contribution is -2.46. The average Bonchev–Trinajstić information content (AvgIpc) is 2.74. The summed E-state index contributed by atoms with van der Waals surface area (Å²) in [5.74, 6) is -0.444. The molecule has 0 spiro atoms. The molecule has 2 rings (SSSR count). The molecule has 168 valence electrons. The Morgan fingerprint density at radius 1 is 1.03 bits per heavy atom. The van der Waals surface area contributed by atoms with Crippen LogP contribution in [0.4, 0.5) is 5.69 Å². The Labute approximate surface area is 185 Å². The van der Waals surface area contributed by atoms with E-state index in [0.717, 1.165) is 17.4 Å². The molecule has 0 aliphatic heterocycles. The molecule has 1 N–H and O–H groups in total. The maximum atomic E-state index is 13.0. The van der Waals surface area contributed by atoms with Gasteiger partial charge in [0.1, 0.15) is 6.04 Å². The first-order valence-corrected chi connectivity index (χ1v) is 12.1. The standard InChI is InChI=1S/C23H31N3O4S/c1-18-11-8-9-14-21(18)26(31(4,29)30)16-10-15-22(27)25(19(2)23(28)24-3)17-20-12-6-5-7-13-20/h5-9,11-14,19H,10,15-17H2,1-4H3,(H,24,28)/t19-/m0/s1. The number of nitrogens with one attached hydrogen (secondary N) is 1. The first kappa shape index (κ1) is 24.4. The Morgan fingerprint density at radius 2 is 1.65 bits per heavy atom. The van der Waals surface area contributed by atoms with Crippen LogP contribution in [0.25, 0.3) is 0 Å². The van der Waals surface area contributed by atoms with Crippen LogP contribution in [-0.4, -0.2) is 51.0 Å². The fraction of sp³-hybridized carbons (Fsp3) is 0.391. The number of para-hydroxylation sites is 1. The van der Waals surface area contributed by atoms with E-state index in [1.165, 1.54) is 16.3 Å². The van der Waals surface area contributed by atoms with Crippen LogP contribution in [0.15, 0.2) is 54.6 Å². The number of hydrogen-bond donors (Lipinski definition) is 1. The number of benzene rings is 2. The normalized spacial score (nSPS) is 12.1. The van der Waals surface area contributed by atoms with E-state index in [9.17, 15) is 18.0 Å². The highest BCUT2D eigenvalue weighted by Gasteiger charge is 2.26. The smallest absolute Gasteiger partial charge is 0.242 e. The van der Waals surface area contributed by atoms with Crippen molar-refractivity contribution in [2.75, 3.05) is 24.2 Å². The Bertz CT molecular complexity index is 993. The summed E-state index contributed by atoms with van der Waals surface area (Å²) in [5, 5.41) is 2.59. The number of likely N-dealkylation sites (N-methyl/N-ethyl adjacent to an activating group) is 1. The summed E-state index contributed by atoms with van der Waals surface area (Å²) < 4.78 is 26.0. The van der Waals surface area contributed by atoms with E-state index < -0.39 is 16.1 Å². The number of sulfonamides is 1. The average molecular weight is 446 g/mol. The third-order valence-corrected chi connectivity index (χ3v) is 6.33. The van der Waals surface area contributed by atoms with Crippen LogP contribution in [0.5, 0.6) is 0 Å². The van der Waals surface area contributed by atoms with Gasteiger partial charge in [-0.05, 0) is 37.5 Å². The van der Waals surface area contributed by atoms with Gasteiger partial charge in [0.25, 0.3) is 0 Å². The first-order valence-electron chi connectivity index (χ1n) is 10.2. The zero-order valence-corrected chi connectivity index (χ0v) is 19.4. The summed E-state index contributed by atoms with van der Waals surface area (Å²) in [6.45, 7) is 4.03. The third-order valence-electron chi connectivity index (χ3n) is 5.15. The molecule has 2 amide bonds. The fourth-order valence-electron chi connectivity index (χ4n) is 3.40. The highest BCUT2D eigenvalue weighted by molar-refractivity contribution is 7.92. The number of carbonyl (C=O) groups excluding carboxylic acids is 2. The Hall–Kier alpha value is -2.87. The molecule has 1 atom stereocenters. The van der Waals surface area contributed by atoms with Crippen LogP contribution >= 0.6 is 0 Å². The zero-order valence-electron chi connectivity index (χ0n) is 18.5. The number of nitrogens with zero attached hydrogens (tertiary/aromatic N) is 2. The fourth-order valence-corrected chi connectivity index (χ4v) is 4.42. The van der Waals surface area contributed by atoms with Crippen molar-refractivity contribution in [2.24, 2.45) is 0 Å². The molecule has 0 aliphatic carbocycles. The van der Waals surface area contributed by atoms with Crippen molar-refractivity contribution in [1.82, 2.24) is 10.2 Å². The van der Waals surface area contributed by atoms with Gasteiger partial charge >= 0.3 is 0 Å². The molecule has 2 aromatic carbocycles. The lowest BCUT2D eigenvalue weighted by molar-refractivity contribution is -0.140. The van der Waals surface area contributed by atoms with E-state index in [1.54, 1.807) is 19.1 Å². The van der Waals surface area contributed by atoms with Crippen molar-refractivity contribution in [1.29, 1.82) is 0 Å². The van der Waals surface area contributed by atoms with E-state index in [2.05, 4.69) is 5.32 Å². The second-order valence-corrected chi connectivity index (χ2v) is 9.43. The molecular formula is C23H31N3O4S. The largest absolute Gasteiger partial charge is 0.357 e. The summed E-state index contributed by atoms with van der Waals surface area (Å²) in [4.78, 5) is 26.7. The zero-order chi connectivity index (χ0) is 23.0. The summed E-state index contributed by atoms with van der Waals surface area (Å²) in [6.07, 6.45) is 1.63. The van der Waals surface area contributed by atoms with Crippen LogP contribution < -0.4 is 9.62 Å². The molecule has 0 radical (unpaired) electrons. The predicted octanol–water partition coefficient (Wildman–Crippen LogP) is 2.70. The molecule has 0 aromatic heterocycles. The maximum absolute atomic E-state index is 13.0.